The third-order valence-corrected chi connectivity index (χ3v) is 4.75. The van der Waals surface area contributed by atoms with Gasteiger partial charge in [-0.3, -0.25) is 4.79 Å². The van der Waals surface area contributed by atoms with Crippen LogP contribution in [-0.2, 0) is 9.53 Å². The van der Waals surface area contributed by atoms with E-state index in [1.165, 1.54) is 0 Å². The number of halogens is 1. The minimum Gasteiger partial charge on any atom is -0.368 e. The van der Waals surface area contributed by atoms with Crippen LogP contribution in [0.25, 0.3) is 0 Å². The number of aromatic nitrogens is 2. The molecule has 0 N–H and O–H groups in total. The number of hydrogen-bond acceptors (Lipinski definition) is 6. The van der Waals surface area contributed by atoms with Crippen LogP contribution in [0.2, 0.25) is 0 Å². The summed E-state index contributed by atoms with van der Waals surface area (Å²) in [5, 5.41) is 0. The van der Waals surface area contributed by atoms with Crippen LogP contribution in [0.1, 0.15) is 19.3 Å². The van der Waals surface area contributed by atoms with Gasteiger partial charge < -0.3 is 19.4 Å². The van der Waals surface area contributed by atoms with Crippen LogP contribution >= 0.6 is 0 Å². The zero-order valence-corrected chi connectivity index (χ0v) is 15.1. The molecular weight excluding hydrogens is 325 g/mol. The van der Waals surface area contributed by atoms with Gasteiger partial charge in [-0.2, -0.15) is 4.98 Å². The smallest absolute Gasteiger partial charge is 0.251 e. The summed E-state index contributed by atoms with van der Waals surface area (Å²) in [6.45, 7) is 1.39. The molecule has 2 fully saturated rings. The molecule has 0 aromatic carbocycles. The monoisotopic (exact) mass is 351 g/mol. The maximum Gasteiger partial charge on any atom is 0.251 e. The molecule has 2 aliphatic rings. The van der Waals surface area contributed by atoms with Crippen molar-refractivity contribution in [2.24, 2.45) is 0 Å². The Morgan fingerprint density at radius 3 is 2.92 bits per heavy atom. The second-order valence-electron chi connectivity index (χ2n) is 6.97. The highest BCUT2D eigenvalue weighted by Crippen LogP contribution is 2.27. The van der Waals surface area contributed by atoms with Crippen LogP contribution in [0.4, 0.5) is 16.2 Å². The predicted molar refractivity (Wildman–Crippen MR) is 93.6 cm³/mol. The predicted octanol–water partition coefficient (Wildman–Crippen LogP) is 1.10. The van der Waals surface area contributed by atoms with E-state index in [2.05, 4.69) is 9.97 Å². The zero-order valence-electron chi connectivity index (χ0n) is 15.1. The van der Waals surface area contributed by atoms with Gasteiger partial charge in [0.15, 0.2) is 0 Å². The number of anilines is 2. The quantitative estimate of drug-likeness (QED) is 0.792. The van der Waals surface area contributed by atoms with E-state index < -0.39 is 6.17 Å². The average Bonchev–Trinajstić information content (AvgIpc) is 3.24. The number of carbonyl (C=O) groups is 1. The van der Waals surface area contributed by atoms with Crippen molar-refractivity contribution in [2.45, 2.75) is 37.6 Å². The molecule has 1 aromatic heterocycles. The number of amides is 1. The number of rotatable bonds is 5. The molecule has 0 aliphatic carbocycles. The molecule has 3 heterocycles. The van der Waals surface area contributed by atoms with E-state index in [1.54, 1.807) is 24.2 Å². The van der Waals surface area contributed by atoms with Gasteiger partial charge in [-0.25, -0.2) is 9.37 Å². The third-order valence-electron chi connectivity index (χ3n) is 4.75. The largest absolute Gasteiger partial charge is 0.368 e. The molecule has 138 valence electrons. The fourth-order valence-corrected chi connectivity index (χ4v) is 3.45. The Balaban J connectivity index is 1.71. The van der Waals surface area contributed by atoms with E-state index in [4.69, 9.17) is 4.74 Å². The normalized spacial score (nSPS) is 26.1. The topological polar surface area (TPSA) is 61.8 Å². The van der Waals surface area contributed by atoms with E-state index in [0.717, 1.165) is 12.8 Å². The molecular formula is C17H26FN5O2. The first-order chi connectivity index (χ1) is 12.0. The molecule has 25 heavy (non-hydrogen) atoms. The van der Waals surface area contributed by atoms with Gasteiger partial charge in [0.1, 0.15) is 18.1 Å². The third kappa shape index (κ3) is 4.00. The minimum absolute atomic E-state index is 0.0172. The Bertz CT molecular complexity index is 608. The number of alkyl halides is 1. The number of likely N-dealkylation sites (N-methyl/N-ethyl adjacent to an activating group) is 1. The number of ether oxygens (including phenoxy) is 1. The summed E-state index contributed by atoms with van der Waals surface area (Å²) in [6.07, 6.45) is 2.49. The molecule has 0 spiro atoms. The molecule has 0 unspecified atom stereocenters. The van der Waals surface area contributed by atoms with E-state index in [0.29, 0.717) is 31.3 Å². The molecule has 0 saturated carbocycles. The zero-order chi connectivity index (χ0) is 18.0. The van der Waals surface area contributed by atoms with Crippen molar-refractivity contribution in [3.63, 3.8) is 0 Å². The molecule has 1 aromatic rings. The maximum absolute atomic E-state index is 14.1. The first-order valence-corrected chi connectivity index (χ1v) is 8.73. The van der Waals surface area contributed by atoms with Gasteiger partial charge in [-0.05, 0) is 18.9 Å². The average molecular weight is 351 g/mol. The molecule has 7 nitrogen and oxygen atoms in total. The lowest BCUT2D eigenvalue weighted by Gasteiger charge is -2.30. The first kappa shape index (κ1) is 17.8. The van der Waals surface area contributed by atoms with E-state index in [-0.39, 0.29) is 24.6 Å². The first-order valence-electron chi connectivity index (χ1n) is 8.73. The molecule has 3 rings (SSSR count). The second-order valence-corrected chi connectivity index (χ2v) is 6.97. The molecule has 0 radical (unpaired) electrons. The molecule has 2 saturated heterocycles. The van der Waals surface area contributed by atoms with Crippen LogP contribution in [0, 0.1) is 0 Å². The van der Waals surface area contributed by atoms with Gasteiger partial charge in [0.05, 0.1) is 12.6 Å². The maximum atomic E-state index is 14.1. The summed E-state index contributed by atoms with van der Waals surface area (Å²) in [4.78, 5) is 26.6. The standard InChI is InChI=1S/C17H26FN5O2/c1-21(2)17-19-7-6-15(20-17)23-10-12(18)9-13(23)11-22(3)16(24)14-5-4-8-25-14/h6-7,12-14H,4-5,8-11H2,1-3H3/t12-,13-,14-/m0/s1. The molecule has 0 bridgehead atoms. The van der Waals surface area contributed by atoms with Crippen molar-refractivity contribution in [1.82, 2.24) is 14.9 Å². The van der Waals surface area contributed by atoms with Gasteiger partial charge >= 0.3 is 0 Å². The lowest BCUT2D eigenvalue weighted by molar-refractivity contribution is -0.139. The van der Waals surface area contributed by atoms with E-state index in [1.807, 2.05) is 23.9 Å². The van der Waals surface area contributed by atoms with Crippen molar-refractivity contribution >= 4 is 17.7 Å². The molecule has 8 heteroatoms. The van der Waals surface area contributed by atoms with E-state index >= 15 is 0 Å². The lowest BCUT2D eigenvalue weighted by atomic mass is 10.1. The Labute approximate surface area is 147 Å². The van der Waals surface area contributed by atoms with Crippen molar-refractivity contribution in [1.29, 1.82) is 0 Å². The van der Waals surface area contributed by atoms with Gasteiger partial charge in [0.25, 0.3) is 5.91 Å². The van der Waals surface area contributed by atoms with Gasteiger partial charge in [0, 0.05) is 46.9 Å². The van der Waals surface area contributed by atoms with Crippen molar-refractivity contribution in [3.05, 3.63) is 12.3 Å². The highest BCUT2D eigenvalue weighted by atomic mass is 19.1. The Hall–Kier alpha value is -1.96. The number of hydrogen-bond donors (Lipinski definition) is 0. The minimum atomic E-state index is -0.922. The van der Waals surface area contributed by atoms with Crippen molar-refractivity contribution in [3.8, 4) is 0 Å². The fourth-order valence-electron chi connectivity index (χ4n) is 3.45. The second kappa shape index (κ2) is 7.51. The van der Waals surface area contributed by atoms with Crippen LogP contribution in [0.3, 0.4) is 0 Å². The number of carbonyl (C=O) groups excluding carboxylic acids is 1. The van der Waals surface area contributed by atoms with Gasteiger partial charge in [0.2, 0.25) is 5.95 Å². The summed E-state index contributed by atoms with van der Waals surface area (Å²) in [7, 11) is 5.50. The summed E-state index contributed by atoms with van der Waals surface area (Å²) in [6, 6.07) is 1.69. The summed E-state index contributed by atoms with van der Waals surface area (Å²) in [5.41, 5.74) is 0. The Morgan fingerprint density at radius 1 is 1.44 bits per heavy atom. The Kier molecular flexibility index (Phi) is 5.36. The Morgan fingerprint density at radius 2 is 2.24 bits per heavy atom. The molecule has 1 amide bonds. The summed E-state index contributed by atoms with van der Waals surface area (Å²) in [5.74, 6) is 1.26. The summed E-state index contributed by atoms with van der Waals surface area (Å²) >= 11 is 0. The van der Waals surface area contributed by atoms with Gasteiger partial charge in [-0.15, -0.1) is 0 Å². The number of nitrogens with zero attached hydrogens (tertiary/aromatic N) is 5. The highest BCUT2D eigenvalue weighted by Gasteiger charge is 2.36. The molecule has 2 aliphatic heterocycles. The van der Waals surface area contributed by atoms with Crippen LogP contribution < -0.4 is 9.80 Å². The van der Waals surface area contributed by atoms with E-state index in [9.17, 15) is 9.18 Å². The van der Waals surface area contributed by atoms with Crippen LogP contribution in [0.5, 0.6) is 0 Å². The van der Waals surface area contributed by atoms with Crippen molar-refractivity contribution < 1.29 is 13.9 Å². The van der Waals surface area contributed by atoms with Crippen LogP contribution in [-0.4, -0.2) is 79.9 Å². The lowest BCUT2D eigenvalue weighted by Crippen LogP contribution is -2.44. The SMILES string of the molecule is CN(C[C@@H]1C[C@H](F)CN1c1ccnc(N(C)C)n1)C(=O)[C@@H]1CCCO1. The molecule has 3 atom stereocenters. The van der Waals surface area contributed by atoms with Crippen molar-refractivity contribution in [2.75, 3.05) is 50.6 Å². The van der Waals surface area contributed by atoms with Crippen LogP contribution in [0.15, 0.2) is 12.3 Å². The van der Waals surface area contributed by atoms with Gasteiger partial charge in [-0.1, -0.05) is 0 Å². The summed E-state index contributed by atoms with van der Waals surface area (Å²) < 4.78 is 19.6. The fraction of sp³-hybridized carbons (Fsp3) is 0.706. The highest BCUT2D eigenvalue weighted by molar-refractivity contribution is 5.81.